The van der Waals surface area contributed by atoms with E-state index in [-0.39, 0.29) is 17.7 Å². The van der Waals surface area contributed by atoms with Crippen molar-refractivity contribution in [3.8, 4) is 0 Å². The van der Waals surface area contributed by atoms with Crippen LogP contribution in [0.15, 0.2) is 54.6 Å². The fraction of sp³-hybridized carbons (Fsp3) is 0.286. The normalized spacial score (nSPS) is 28.6. The van der Waals surface area contributed by atoms with Crippen LogP contribution in [-0.2, 0) is 26.3 Å². The molecule has 27 heavy (non-hydrogen) atoms. The van der Waals surface area contributed by atoms with Gasteiger partial charge in [0.1, 0.15) is 5.54 Å². The Balaban J connectivity index is 1.47. The van der Waals surface area contributed by atoms with Crippen molar-refractivity contribution in [2.24, 2.45) is 11.8 Å². The Labute approximate surface area is 156 Å². The Bertz CT molecular complexity index is 958. The zero-order chi connectivity index (χ0) is 18.6. The third kappa shape index (κ3) is 2.13. The van der Waals surface area contributed by atoms with Crippen LogP contribution in [0.25, 0.3) is 0 Å². The summed E-state index contributed by atoms with van der Waals surface area (Å²) in [7, 11) is 0. The maximum atomic E-state index is 13.2. The highest BCUT2D eigenvalue weighted by Gasteiger charge is 2.67. The molecule has 6 nitrogen and oxygen atoms in total. The molecule has 0 aliphatic carbocycles. The standard InChI is InChI=1S/C21H19N3O3/c25-18-14-12-22-21(15-8-4-5-9-16(15)23-20(21)27)17(14)19(26)24(18)11-10-13-6-2-1-3-7-13/h1-9,14,17,22H,10-12H2,(H,23,27)/t14-,17+,21+/m1/s1. The summed E-state index contributed by atoms with van der Waals surface area (Å²) in [5, 5.41) is 6.08. The SMILES string of the molecule is O=C1[C@@H]2[C@@H](CN[C@]23C(=O)Nc2ccccc23)C(=O)N1CCc1ccccc1. The molecule has 2 aromatic rings. The summed E-state index contributed by atoms with van der Waals surface area (Å²) in [5.74, 6) is -1.86. The number of carbonyl (C=O) groups is 3. The molecule has 0 aromatic heterocycles. The lowest BCUT2D eigenvalue weighted by Gasteiger charge is -2.28. The molecule has 3 aliphatic rings. The Morgan fingerprint density at radius 3 is 2.52 bits per heavy atom. The first-order chi connectivity index (χ1) is 13.1. The minimum absolute atomic E-state index is 0.178. The largest absolute Gasteiger partial charge is 0.324 e. The predicted molar refractivity (Wildman–Crippen MR) is 98.6 cm³/mol. The molecule has 0 bridgehead atoms. The Kier molecular flexibility index (Phi) is 3.45. The van der Waals surface area contributed by atoms with Gasteiger partial charge < -0.3 is 5.32 Å². The van der Waals surface area contributed by atoms with Crippen LogP contribution in [0.2, 0.25) is 0 Å². The average molecular weight is 361 g/mol. The fourth-order valence-corrected chi connectivity index (χ4v) is 4.73. The van der Waals surface area contributed by atoms with Gasteiger partial charge in [-0.2, -0.15) is 0 Å². The number of hydrogen-bond acceptors (Lipinski definition) is 4. The number of nitrogens with one attached hydrogen (secondary N) is 2. The van der Waals surface area contributed by atoms with E-state index >= 15 is 0 Å². The lowest BCUT2D eigenvalue weighted by Crippen LogP contribution is -2.51. The van der Waals surface area contributed by atoms with Crippen LogP contribution >= 0.6 is 0 Å². The van der Waals surface area contributed by atoms with Crippen LogP contribution in [0.4, 0.5) is 5.69 Å². The molecule has 3 amide bonds. The highest BCUT2D eigenvalue weighted by Crippen LogP contribution is 2.50. The number of carbonyl (C=O) groups excluding carboxylic acids is 3. The lowest BCUT2D eigenvalue weighted by molar-refractivity contribution is -0.142. The molecule has 3 aliphatic heterocycles. The van der Waals surface area contributed by atoms with E-state index in [1.54, 1.807) is 0 Å². The van der Waals surface area contributed by atoms with E-state index in [4.69, 9.17) is 0 Å². The first-order valence-electron chi connectivity index (χ1n) is 9.18. The third-order valence-corrected chi connectivity index (χ3v) is 6.01. The molecule has 5 rings (SSSR count). The predicted octanol–water partition coefficient (Wildman–Crippen LogP) is 1.28. The van der Waals surface area contributed by atoms with E-state index in [1.807, 2.05) is 54.6 Å². The van der Waals surface area contributed by atoms with E-state index in [0.29, 0.717) is 25.2 Å². The van der Waals surface area contributed by atoms with E-state index in [2.05, 4.69) is 10.6 Å². The van der Waals surface area contributed by atoms with Crippen LogP contribution in [0.5, 0.6) is 0 Å². The van der Waals surface area contributed by atoms with Gasteiger partial charge >= 0.3 is 0 Å². The summed E-state index contributed by atoms with van der Waals surface area (Å²) < 4.78 is 0. The van der Waals surface area contributed by atoms with Crippen LogP contribution in [0.1, 0.15) is 11.1 Å². The minimum Gasteiger partial charge on any atom is -0.324 e. The Morgan fingerprint density at radius 2 is 1.70 bits per heavy atom. The number of rotatable bonds is 3. The highest BCUT2D eigenvalue weighted by molar-refractivity contribution is 6.14. The van der Waals surface area contributed by atoms with E-state index in [9.17, 15) is 14.4 Å². The molecule has 1 spiro atoms. The molecular weight excluding hydrogens is 342 g/mol. The maximum Gasteiger partial charge on any atom is 0.250 e. The second-order valence-corrected chi connectivity index (χ2v) is 7.34. The minimum atomic E-state index is -1.14. The number of nitrogens with zero attached hydrogens (tertiary/aromatic N) is 1. The monoisotopic (exact) mass is 361 g/mol. The number of likely N-dealkylation sites (tertiary alicyclic amines) is 1. The van der Waals surface area contributed by atoms with Crippen molar-refractivity contribution < 1.29 is 14.4 Å². The molecule has 3 atom stereocenters. The summed E-state index contributed by atoms with van der Waals surface area (Å²) in [4.78, 5) is 40.4. The molecule has 6 heteroatoms. The molecule has 0 unspecified atom stereocenters. The Morgan fingerprint density at radius 1 is 0.963 bits per heavy atom. The second-order valence-electron chi connectivity index (χ2n) is 7.34. The number of anilines is 1. The van der Waals surface area contributed by atoms with Gasteiger partial charge in [0.15, 0.2) is 0 Å². The van der Waals surface area contributed by atoms with Crippen molar-refractivity contribution in [3.05, 3.63) is 65.7 Å². The van der Waals surface area contributed by atoms with Crippen molar-refractivity contribution in [2.75, 3.05) is 18.4 Å². The zero-order valence-electron chi connectivity index (χ0n) is 14.6. The summed E-state index contributed by atoms with van der Waals surface area (Å²) in [6, 6.07) is 17.2. The molecule has 2 N–H and O–H groups in total. The number of para-hydroxylation sites is 1. The lowest BCUT2D eigenvalue weighted by atomic mass is 9.77. The van der Waals surface area contributed by atoms with Crippen LogP contribution in [-0.4, -0.2) is 35.7 Å². The van der Waals surface area contributed by atoms with Gasteiger partial charge in [0, 0.05) is 24.3 Å². The van der Waals surface area contributed by atoms with Gasteiger partial charge in [0.25, 0.3) is 0 Å². The summed E-state index contributed by atoms with van der Waals surface area (Å²) >= 11 is 0. The molecule has 136 valence electrons. The van der Waals surface area contributed by atoms with Crippen molar-refractivity contribution >= 4 is 23.4 Å². The topological polar surface area (TPSA) is 78.5 Å². The number of hydrogen-bond donors (Lipinski definition) is 2. The van der Waals surface area contributed by atoms with Gasteiger partial charge in [-0.25, -0.2) is 0 Å². The quantitative estimate of drug-likeness (QED) is 0.808. The van der Waals surface area contributed by atoms with Crippen LogP contribution in [0.3, 0.4) is 0 Å². The number of imide groups is 1. The van der Waals surface area contributed by atoms with E-state index in [1.165, 1.54) is 4.90 Å². The molecular formula is C21H19N3O3. The number of benzene rings is 2. The van der Waals surface area contributed by atoms with Crippen molar-refractivity contribution in [1.29, 1.82) is 0 Å². The summed E-state index contributed by atoms with van der Waals surface area (Å²) in [6.07, 6.45) is 0.612. The first-order valence-corrected chi connectivity index (χ1v) is 9.18. The molecule has 2 aromatic carbocycles. The van der Waals surface area contributed by atoms with Crippen molar-refractivity contribution in [2.45, 2.75) is 12.0 Å². The smallest absolute Gasteiger partial charge is 0.250 e. The first kappa shape index (κ1) is 16.2. The molecule has 2 saturated heterocycles. The molecule has 3 heterocycles. The van der Waals surface area contributed by atoms with E-state index in [0.717, 1.165) is 11.1 Å². The van der Waals surface area contributed by atoms with Gasteiger partial charge in [-0.3, -0.25) is 24.6 Å². The van der Waals surface area contributed by atoms with Crippen LogP contribution < -0.4 is 10.6 Å². The third-order valence-electron chi connectivity index (χ3n) is 6.01. The van der Waals surface area contributed by atoms with E-state index < -0.39 is 17.4 Å². The fourth-order valence-electron chi connectivity index (χ4n) is 4.73. The van der Waals surface area contributed by atoms with Gasteiger partial charge in [0.2, 0.25) is 17.7 Å². The van der Waals surface area contributed by atoms with Crippen molar-refractivity contribution in [3.63, 3.8) is 0 Å². The van der Waals surface area contributed by atoms with Crippen LogP contribution in [0, 0.1) is 11.8 Å². The average Bonchev–Trinajstić information content (AvgIpc) is 3.29. The van der Waals surface area contributed by atoms with Gasteiger partial charge in [-0.1, -0.05) is 48.5 Å². The summed E-state index contributed by atoms with van der Waals surface area (Å²) in [5.41, 5.74) is 1.40. The highest BCUT2D eigenvalue weighted by atomic mass is 16.2. The Hall–Kier alpha value is -2.99. The van der Waals surface area contributed by atoms with Gasteiger partial charge in [0.05, 0.1) is 11.8 Å². The second kappa shape index (κ2) is 5.76. The maximum absolute atomic E-state index is 13.2. The number of amides is 3. The number of fused-ring (bicyclic) bond motifs is 4. The van der Waals surface area contributed by atoms with Gasteiger partial charge in [-0.05, 0) is 18.1 Å². The molecule has 0 radical (unpaired) electrons. The van der Waals surface area contributed by atoms with Crippen molar-refractivity contribution in [1.82, 2.24) is 10.2 Å². The molecule has 0 saturated carbocycles. The zero-order valence-corrected chi connectivity index (χ0v) is 14.6. The molecule has 2 fully saturated rings. The summed E-state index contributed by atoms with van der Waals surface area (Å²) in [6.45, 7) is 0.673. The van der Waals surface area contributed by atoms with Gasteiger partial charge in [-0.15, -0.1) is 0 Å².